The Hall–Kier alpha value is -3.97. The van der Waals surface area contributed by atoms with Gasteiger partial charge in [0, 0.05) is 23.2 Å². The van der Waals surface area contributed by atoms with Gasteiger partial charge < -0.3 is 10.6 Å². The molecule has 0 aliphatic rings. The lowest BCUT2D eigenvalue weighted by molar-refractivity contribution is 0.602. The number of azo groups is 1. The molecule has 0 saturated carbocycles. The molecule has 0 fully saturated rings. The van der Waals surface area contributed by atoms with E-state index < -0.39 is 9.84 Å². The number of anilines is 4. The molecule has 0 aliphatic heterocycles. The zero-order chi connectivity index (χ0) is 31.8. The minimum Gasteiger partial charge on any atom is -0.339 e. The average Bonchev–Trinajstić information content (AvgIpc) is 2.88. The van der Waals surface area contributed by atoms with Gasteiger partial charge in [0.2, 0.25) is 0 Å². The van der Waals surface area contributed by atoms with E-state index in [2.05, 4.69) is 51.2 Å². The number of nitrogens with zero attached hydrogens (tertiary/aromatic N) is 4. The van der Waals surface area contributed by atoms with Gasteiger partial charge in [0.15, 0.2) is 21.5 Å². The van der Waals surface area contributed by atoms with Gasteiger partial charge in [0.05, 0.1) is 20.5 Å². The van der Waals surface area contributed by atoms with Crippen LogP contribution in [0, 0.1) is 59.8 Å². The van der Waals surface area contributed by atoms with Crippen molar-refractivity contribution in [3.8, 4) is 6.07 Å². The Labute approximate surface area is 262 Å². The van der Waals surface area contributed by atoms with E-state index in [0.29, 0.717) is 28.5 Å². The number of aryl methyl sites for hydroxylation is 6. The summed E-state index contributed by atoms with van der Waals surface area (Å²) in [5, 5.41) is 25.9. The molecule has 0 amide bonds. The molecule has 8 nitrogen and oxygen atoms in total. The fraction of sp³-hybridized carbons (Fsp3) is 0.250. The van der Waals surface area contributed by atoms with Crippen LogP contribution in [0.15, 0.2) is 51.5 Å². The van der Waals surface area contributed by atoms with Crippen molar-refractivity contribution in [2.45, 2.75) is 53.4 Å². The SMILES string of the molecule is Cc1cc(C)c(Nc2nc(Nc3c(C)cc(C)cc3C)c(N=Nc3cc(Cl)c(S(C)(=O)=O)cc3Cl)c(C)c2C#N)c(C)c1. The summed E-state index contributed by atoms with van der Waals surface area (Å²) in [6, 6.07) is 13.1. The number of rotatable bonds is 7. The summed E-state index contributed by atoms with van der Waals surface area (Å²) in [5.74, 6) is 0.743. The molecule has 4 rings (SSSR count). The van der Waals surface area contributed by atoms with E-state index in [1.165, 1.54) is 12.1 Å². The summed E-state index contributed by atoms with van der Waals surface area (Å²) in [4.78, 5) is 4.76. The van der Waals surface area contributed by atoms with Crippen LogP contribution in [0.5, 0.6) is 0 Å². The fourth-order valence-corrected chi connectivity index (χ4v) is 6.69. The van der Waals surface area contributed by atoms with Crippen LogP contribution in [-0.2, 0) is 9.84 Å². The third-order valence-electron chi connectivity index (χ3n) is 7.03. The van der Waals surface area contributed by atoms with E-state index in [-0.39, 0.29) is 20.6 Å². The van der Waals surface area contributed by atoms with Gasteiger partial charge in [-0.1, -0.05) is 58.6 Å². The number of sulfone groups is 1. The van der Waals surface area contributed by atoms with Crippen LogP contribution in [0.1, 0.15) is 44.5 Å². The van der Waals surface area contributed by atoms with E-state index >= 15 is 0 Å². The number of pyridine rings is 1. The normalized spacial score (nSPS) is 11.6. The van der Waals surface area contributed by atoms with Crippen LogP contribution in [0.25, 0.3) is 0 Å². The lowest BCUT2D eigenvalue weighted by Gasteiger charge is -2.19. The molecule has 1 aromatic heterocycles. The van der Waals surface area contributed by atoms with Crippen LogP contribution >= 0.6 is 23.2 Å². The summed E-state index contributed by atoms with van der Waals surface area (Å²) in [7, 11) is -3.60. The van der Waals surface area contributed by atoms with Gasteiger partial charge in [0.1, 0.15) is 17.4 Å². The van der Waals surface area contributed by atoms with Crippen molar-refractivity contribution in [2.75, 3.05) is 16.9 Å². The van der Waals surface area contributed by atoms with Crippen LogP contribution in [0.2, 0.25) is 10.0 Å². The highest BCUT2D eigenvalue weighted by atomic mass is 35.5. The number of aromatic nitrogens is 1. The maximum absolute atomic E-state index is 12.1. The first kappa shape index (κ1) is 32.0. The highest BCUT2D eigenvalue weighted by Crippen LogP contribution is 2.41. The predicted octanol–water partition coefficient (Wildman–Crippen LogP) is 9.73. The molecule has 222 valence electrons. The first-order valence-electron chi connectivity index (χ1n) is 13.4. The molecule has 0 unspecified atom stereocenters. The van der Waals surface area contributed by atoms with Crippen LogP contribution < -0.4 is 10.6 Å². The Morgan fingerprint density at radius 3 is 1.70 bits per heavy atom. The summed E-state index contributed by atoms with van der Waals surface area (Å²) >= 11 is 12.6. The molecule has 0 radical (unpaired) electrons. The Balaban J connectivity index is 1.93. The Morgan fingerprint density at radius 2 is 1.23 bits per heavy atom. The molecular weight excluding hydrogens is 603 g/mol. The third kappa shape index (κ3) is 6.83. The minimum atomic E-state index is -3.60. The van der Waals surface area contributed by atoms with Crippen molar-refractivity contribution < 1.29 is 8.42 Å². The predicted molar refractivity (Wildman–Crippen MR) is 175 cm³/mol. The quantitative estimate of drug-likeness (QED) is 0.195. The lowest BCUT2D eigenvalue weighted by Crippen LogP contribution is -2.07. The molecule has 4 aromatic rings. The molecule has 0 aliphatic carbocycles. The molecule has 43 heavy (non-hydrogen) atoms. The van der Waals surface area contributed by atoms with Gasteiger partial charge in [0.25, 0.3) is 0 Å². The molecule has 0 atom stereocenters. The number of hydrogen-bond acceptors (Lipinski definition) is 8. The maximum atomic E-state index is 12.1. The van der Waals surface area contributed by atoms with Crippen LogP contribution in [0.3, 0.4) is 0 Å². The van der Waals surface area contributed by atoms with Gasteiger partial charge >= 0.3 is 0 Å². The molecule has 1 heterocycles. The Kier molecular flexibility index (Phi) is 9.16. The first-order valence-corrected chi connectivity index (χ1v) is 16.0. The molecular formula is C32H32Cl2N6O2S. The van der Waals surface area contributed by atoms with E-state index in [4.69, 9.17) is 28.2 Å². The largest absolute Gasteiger partial charge is 0.339 e. The fourth-order valence-electron chi connectivity index (χ4n) is 5.10. The van der Waals surface area contributed by atoms with Gasteiger partial charge in [-0.25, -0.2) is 13.4 Å². The highest BCUT2D eigenvalue weighted by molar-refractivity contribution is 7.90. The zero-order valence-electron chi connectivity index (χ0n) is 25.2. The minimum absolute atomic E-state index is 0.0268. The Bertz CT molecular complexity index is 1920. The standard InChI is InChI=1S/C32H32Cl2N6O2S/c1-16-9-18(3)28(19(4)10-16)36-31-23(15-35)22(7)30(32(38-31)37-29-20(5)11-17(2)12-21(29)6)40-39-26-13-25(34)27(14-24(26)33)43(8,41)42/h9-14H,1-8H3,(H2,36,37,38). The monoisotopic (exact) mass is 634 g/mol. The Morgan fingerprint density at radius 1 is 0.744 bits per heavy atom. The van der Waals surface area contributed by atoms with Crippen LogP contribution in [-0.4, -0.2) is 19.7 Å². The number of nitriles is 1. The van der Waals surface area contributed by atoms with Crippen molar-refractivity contribution >= 4 is 67.4 Å². The van der Waals surface area contributed by atoms with E-state index in [0.717, 1.165) is 51.0 Å². The number of nitrogens with one attached hydrogen (secondary N) is 2. The zero-order valence-corrected chi connectivity index (χ0v) is 27.6. The van der Waals surface area contributed by atoms with Gasteiger partial charge in [-0.05, 0) is 82.9 Å². The lowest BCUT2D eigenvalue weighted by atomic mass is 10.0. The third-order valence-corrected chi connectivity index (χ3v) is 8.89. The summed E-state index contributed by atoms with van der Waals surface area (Å²) < 4.78 is 24.2. The summed E-state index contributed by atoms with van der Waals surface area (Å²) in [6.45, 7) is 13.9. The van der Waals surface area contributed by atoms with Crippen molar-refractivity contribution in [1.29, 1.82) is 5.26 Å². The molecule has 3 aromatic carbocycles. The molecule has 2 N–H and O–H groups in total. The van der Waals surface area contributed by atoms with Crippen molar-refractivity contribution in [3.63, 3.8) is 0 Å². The van der Waals surface area contributed by atoms with Gasteiger partial charge in [-0.3, -0.25) is 0 Å². The average molecular weight is 636 g/mol. The molecule has 0 saturated heterocycles. The smallest absolute Gasteiger partial charge is 0.177 e. The van der Waals surface area contributed by atoms with E-state index in [9.17, 15) is 13.7 Å². The molecule has 0 spiro atoms. The molecule has 11 heteroatoms. The highest BCUT2D eigenvalue weighted by Gasteiger charge is 2.21. The van der Waals surface area contributed by atoms with Crippen molar-refractivity contribution in [1.82, 2.24) is 4.98 Å². The summed E-state index contributed by atoms with van der Waals surface area (Å²) in [6.07, 6.45) is 1.05. The number of halogens is 2. The summed E-state index contributed by atoms with van der Waals surface area (Å²) in [5.41, 5.74) is 9.36. The van der Waals surface area contributed by atoms with Crippen molar-refractivity contribution in [3.05, 3.63) is 91.0 Å². The van der Waals surface area contributed by atoms with Crippen LogP contribution in [0.4, 0.5) is 34.4 Å². The number of hydrogen-bond donors (Lipinski definition) is 2. The second-order valence-corrected chi connectivity index (χ2v) is 13.6. The molecule has 0 bridgehead atoms. The van der Waals surface area contributed by atoms with Gasteiger partial charge in [-0.2, -0.15) is 5.26 Å². The first-order chi connectivity index (χ1) is 20.1. The number of benzene rings is 3. The van der Waals surface area contributed by atoms with E-state index in [1.54, 1.807) is 6.92 Å². The maximum Gasteiger partial charge on any atom is 0.177 e. The second-order valence-electron chi connectivity index (χ2n) is 10.8. The van der Waals surface area contributed by atoms with Gasteiger partial charge in [-0.15, -0.1) is 10.2 Å². The topological polar surface area (TPSA) is 120 Å². The van der Waals surface area contributed by atoms with Crippen molar-refractivity contribution in [2.24, 2.45) is 10.2 Å². The second kappa shape index (κ2) is 12.3. The van der Waals surface area contributed by atoms with E-state index in [1.807, 2.05) is 41.5 Å².